The quantitative estimate of drug-likeness (QED) is 0.659. The second-order valence-electron chi connectivity index (χ2n) is 5.45. The second-order valence-corrected chi connectivity index (χ2v) is 5.45. The van der Waals surface area contributed by atoms with Gasteiger partial charge in [-0.05, 0) is 38.8 Å². The minimum absolute atomic E-state index is 0.576. The molecule has 1 aromatic heterocycles. The standard InChI is InChI=1S/C17H30N2O/c1-5-7-8-9-14(3)18-12-13-20-17-11-10-15(4)19-16(17)6-2/h10-11,14,18H,5-9,12-13H2,1-4H3. The first-order valence-electron chi connectivity index (χ1n) is 8.00. The van der Waals surface area contributed by atoms with E-state index in [-0.39, 0.29) is 0 Å². The molecule has 0 saturated carbocycles. The zero-order valence-electron chi connectivity index (χ0n) is 13.5. The second kappa shape index (κ2) is 9.76. The van der Waals surface area contributed by atoms with Gasteiger partial charge in [-0.15, -0.1) is 0 Å². The maximum Gasteiger partial charge on any atom is 0.140 e. The average Bonchev–Trinajstić information content (AvgIpc) is 2.45. The summed E-state index contributed by atoms with van der Waals surface area (Å²) in [5.74, 6) is 0.929. The third kappa shape index (κ3) is 6.38. The molecule has 0 aromatic carbocycles. The molecule has 1 aromatic rings. The molecule has 0 radical (unpaired) electrons. The summed E-state index contributed by atoms with van der Waals surface area (Å²) in [7, 11) is 0. The summed E-state index contributed by atoms with van der Waals surface area (Å²) in [5.41, 5.74) is 2.11. The molecule has 1 heterocycles. The summed E-state index contributed by atoms with van der Waals surface area (Å²) in [4.78, 5) is 4.51. The van der Waals surface area contributed by atoms with E-state index in [1.807, 2.05) is 19.1 Å². The van der Waals surface area contributed by atoms with Crippen LogP contribution in [0.25, 0.3) is 0 Å². The van der Waals surface area contributed by atoms with Gasteiger partial charge in [0.2, 0.25) is 0 Å². The van der Waals surface area contributed by atoms with Crippen LogP contribution in [0.3, 0.4) is 0 Å². The summed E-state index contributed by atoms with van der Waals surface area (Å²) in [6.07, 6.45) is 6.10. The molecule has 1 unspecified atom stereocenters. The lowest BCUT2D eigenvalue weighted by Crippen LogP contribution is -2.30. The van der Waals surface area contributed by atoms with Crippen molar-refractivity contribution >= 4 is 0 Å². The largest absolute Gasteiger partial charge is 0.490 e. The van der Waals surface area contributed by atoms with Crippen LogP contribution < -0.4 is 10.1 Å². The Bertz CT molecular complexity index is 379. The highest BCUT2D eigenvalue weighted by molar-refractivity contribution is 5.29. The van der Waals surface area contributed by atoms with Crippen LogP contribution in [0.15, 0.2) is 12.1 Å². The van der Waals surface area contributed by atoms with Gasteiger partial charge in [0, 0.05) is 18.3 Å². The van der Waals surface area contributed by atoms with E-state index in [1.54, 1.807) is 0 Å². The zero-order chi connectivity index (χ0) is 14.8. The maximum absolute atomic E-state index is 5.83. The monoisotopic (exact) mass is 278 g/mol. The van der Waals surface area contributed by atoms with Crippen LogP contribution in [-0.2, 0) is 6.42 Å². The Morgan fingerprint density at radius 3 is 2.75 bits per heavy atom. The topological polar surface area (TPSA) is 34.1 Å². The van der Waals surface area contributed by atoms with E-state index < -0.39 is 0 Å². The van der Waals surface area contributed by atoms with Crippen LogP contribution in [0.4, 0.5) is 0 Å². The molecular weight excluding hydrogens is 248 g/mol. The molecule has 0 fully saturated rings. The van der Waals surface area contributed by atoms with Gasteiger partial charge >= 0.3 is 0 Å². The van der Waals surface area contributed by atoms with Crippen molar-refractivity contribution in [3.05, 3.63) is 23.5 Å². The predicted octanol–water partition coefficient (Wildman–Crippen LogP) is 3.89. The lowest BCUT2D eigenvalue weighted by molar-refractivity contribution is 0.300. The number of hydrogen-bond donors (Lipinski definition) is 1. The van der Waals surface area contributed by atoms with Gasteiger partial charge in [0.15, 0.2) is 0 Å². The number of nitrogens with zero attached hydrogens (tertiary/aromatic N) is 1. The molecule has 0 spiro atoms. The number of pyridine rings is 1. The molecule has 0 aliphatic heterocycles. The molecule has 0 aliphatic rings. The Kier molecular flexibility index (Phi) is 8.28. The van der Waals surface area contributed by atoms with Gasteiger partial charge in [-0.3, -0.25) is 4.98 Å². The Balaban J connectivity index is 2.24. The molecule has 20 heavy (non-hydrogen) atoms. The fourth-order valence-corrected chi connectivity index (χ4v) is 2.25. The summed E-state index contributed by atoms with van der Waals surface area (Å²) >= 11 is 0. The van der Waals surface area contributed by atoms with E-state index in [9.17, 15) is 0 Å². The van der Waals surface area contributed by atoms with E-state index in [2.05, 4.69) is 31.1 Å². The molecule has 0 amide bonds. The van der Waals surface area contributed by atoms with E-state index in [0.717, 1.165) is 30.1 Å². The molecular formula is C17H30N2O. The van der Waals surface area contributed by atoms with Crippen molar-refractivity contribution in [3.63, 3.8) is 0 Å². The van der Waals surface area contributed by atoms with Gasteiger partial charge in [-0.2, -0.15) is 0 Å². The minimum atomic E-state index is 0.576. The number of rotatable bonds is 10. The fourth-order valence-electron chi connectivity index (χ4n) is 2.25. The highest BCUT2D eigenvalue weighted by atomic mass is 16.5. The Morgan fingerprint density at radius 2 is 2.05 bits per heavy atom. The summed E-state index contributed by atoms with van der Waals surface area (Å²) < 4.78 is 5.83. The highest BCUT2D eigenvalue weighted by Crippen LogP contribution is 2.17. The molecule has 1 rings (SSSR count). The molecule has 0 saturated heterocycles. The number of aryl methyl sites for hydroxylation is 2. The first-order valence-corrected chi connectivity index (χ1v) is 8.00. The SMILES string of the molecule is CCCCCC(C)NCCOc1ccc(C)nc1CC. The van der Waals surface area contributed by atoms with Crippen molar-refractivity contribution in [1.29, 1.82) is 0 Å². The van der Waals surface area contributed by atoms with Crippen molar-refractivity contribution in [2.45, 2.75) is 65.8 Å². The summed E-state index contributed by atoms with van der Waals surface area (Å²) in [6.45, 7) is 10.2. The average molecular weight is 278 g/mol. The van der Waals surface area contributed by atoms with E-state index in [4.69, 9.17) is 4.74 Å². The van der Waals surface area contributed by atoms with Gasteiger partial charge in [-0.25, -0.2) is 0 Å². The summed E-state index contributed by atoms with van der Waals surface area (Å²) in [5, 5.41) is 3.52. The van der Waals surface area contributed by atoms with Crippen LogP contribution in [0.1, 0.15) is 57.8 Å². The van der Waals surface area contributed by atoms with Crippen molar-refractivity contribution in [1.82, 2.24) is 10.3 Å². The van der Waals surface area contributed by atoms with Crippen molar-refractivity contribution in [2.75, 3.05) is 13.2 Å². The molecule has 1 N–H and O–H groups in total. The van der Waals surface area contributed by atoms with Gasteiger partial charge < -0.3 is 10.1 Å². The molecule has 1 atom stereocenters. The smallest absolute Gasteiger partial charge is 0.140 e. The number of hydrogen-bond acceptors (Lipinski definition) is 3. The van der Waals surface area contributed by atoms with Crippen molar-refractivity contribution in [3.8, 4) is 5.75 Å². The molecule has 0 aliphatic carbocycles. The van der Waals surface area contributed by atoms with Crippen LogP contribution in [0.2, 0.25) is 0 Å². The molecule has 3 heteroatoms. The highest BCUT2D eigenvalue weighted by Gasteiger charge is 2.04. The Hall–Kier alpha value is -1.09. The lowest BCUT2D eigenvalue weighted by atomic mass is 10.1. The number of nitrogens with one attached hydrogen (secondary N) is 1. The van der Waals surface area contributed by atoms with Gasteiger partial charge in [-0.1, -0.05) is 33.1 Å². The van der Waals surface area contributed by atoms with Crippen LogP contribution in [0, 0.1) is 6.92 Å². The number of ether oxygens (including phenoxy) is 1. The van der Waals surface area contributed by atoms with Crippen LogP contribution in [0.5, 0.6) is 5.75 Å². The van der Waals surface area contributed by atoms with E-state index >= 15 is 0 Å². The number of aromatic nitrogens is 1. The van der Waals surface area contributed by atoms with Crippen molar-refractivity contribution in [2.24, 2.45) is 0 Å². The van der Waals surface area contributed by atoms with E-state index in [1.165, 1.54) is 25.7 Å². The molecule has 3 nitrogen and oxygen atoms in total. The van der Waals surface area contributed by atoms with E-state index in [0.29, 0.717) is 12.6 Å². The molecule has 0 bridgehead atoms. The lowest BCUT2D eigenvalue weighted by Gasteiger charge is -2.15. The van der Waals surface area contributed by atoms with Crippen LogP contribution in [-0.4, -0.2) is 24.2 Å². The first kappa shape index (κ1) is 17.0. The third-order valence-corrected chi connectivity index (χ3v) is 3.50. The third-order valence-electron chi connectivity index (χ3n) is 3.50. The van der Waals surface area contributed by atoms with Crippen LogP contribution >= 0.6 is 0 Å². The minimum Gasteiger partial charge on any atom is -0.490 e. The Labute approximate surface area is 124 Å². The van der Waals surface area contributed by atoms with Gasteiger partial charge in [0.1, 0.15) is 12.4 Å². The zero-order valence-corrected chi connectivity index (χ0v) is 13.5. The molecule has 114 valence electrons. The summed E-state index contributed by atoms with van der Waals surface area (Å²) in [6, 6.07) is 4.62. The van der Waals surface area contributed by atoms with Gasteiger partial charge in [0.25, 0.3) is 0 Å². The van der Waals surface area contributed by atoms with Gasteiger partial charge in [0.05, 0.1) is 5.69 Å². The Morgan fingerprint density at radius 1 is 1.25 bits per heavy atom. The first-order chi connectivity index (χ1) is 9.67. The number of unbranched alkanes of at least 4 members (excludes halogenated alkanes) is 2. The normalized spacial score (nSPS) is 12.4. The fraction of sp³-hybridized carbons (Fsp3) is 0.706. The predicted molar refractivity (Wildman–Crippen MR) is 85.5 cm³/mol. The van der Waals surface area contributed by atoms with Crippen molar-refractivity contribution < 1.29 is 4.74 Å². The maximum atomic E-state index is 5.83.